The highest BCUT2D eigenvalue weighted by atomic mass is 31.2. The summed E-state index contributed by atoms with van der Waals surface area (Å²) in [6.45, 7) is 6.24. The molecule has 0 radical (unpaired) electrons. The predicted molar refractivity (Wildman–Crippen MR) is 156 cm³/mol. The number of aliphatic hydroxyl groups is 4. The third-order valence-corrected chi connectivity index (χ3v) is 13.3. The average Bonchev–Trinajstić information content (AvgIpc) is 3.28. The summed E-state index contributed by atoms with van der Waals surface area (Å²) in [7, 11) is -4.49. The summed E-state index contributed by atoms with van der Waals surface area (Å²) in [6, 6.07) is 0. The van der Waals surface area contributed by atoms with Gasteiger partial charge in [-0.1, -0.05) is 20.8 Å². The maximum Gasteiger partial charge on any atom is 0.326 e. The molecule has 4 rings (SSSR count). The molecule has 4 saturated carbocycles. The quantitative estimate of drug-likeness (QED) is 0.105. The third kappa shape index (κ3) is 7.67. The molecule has 0 aromatic heterocycles. The lowest BCUT2D eigenvalue weighted by Gasteiger charge is -2.62. The number of rotatable bonds is 12. The zero-order chi connectivity index (χ0) is 31.7. The molecular weight excluding hydrogens is 579 g/mol. The van der Waals surface area contributed by atoms with E-state index >= 15 is 0 Å². The molecule has 248 valence electrons. The normalized spacial score (nSPS) is 38.9. The van der Waals surface area contributed by atoms with Gasteiger partial charge in [-0.25, -0.2) is 0 Å². The maximum absolute atomic E-state index is 12.4. The van der Waals surface area contributed by atoms with Crippen molar-refractivity contribution in [3.05, 3.63) is 0 Å². The first-order valence-electron chi connectivity index (χ1n) is 16.1. The van der Waals surface area contributed by atoms with Crippen molar-refractivity contribution >= 4 is 19.5 Å². The Morgan fingerprint density at radius 1 is 0.907 bits per heavy atom. The van der Waals surface area contributed by atoms with Crippen LogP contribution in [-0.2, 0) is 23.6 Å². The van der Waals surface area contributed by atoms with Gasteiger partial charge in [0.1, 0.15) is 0 Å². The average molecular weight is 633 g/mol. The SMILES string of the molecule is C[C@H](CCC(=O)OCOC(=O)CC[C@@H](CP(=O)(O)O)C(O)O)C1CCC2C3CC[C@@H]4C[C@H](O)CC[C@]4(C)C3C[C@H](O)[C@@]21C. The van der Waals surface area contributed by atoms with Crippen molar-refractivity contribution in [1.82, 2.24) is 0 Å². The number of esters is 2. The molecule has 0 amide bonds. The third-order valence-electron chi connectivity index (χ3n) is 12.4. The summed E-state index contributed by atoms with van der Waals surface area (Å²) < 4.78 is 21.1. The van der Waals surface area contributed by atoms with Crippen molar-refractivity contribution in [2.45, 2.75) is 116 Å². The van der Waals surface area contributed by atoms with E-state index in [4.69, 9.17) is 19.3 Å². The van der Waals surface area contributed by atoms with Gasteiger partial charge in [-0.2, -0.15) is 0 Å². The largest absolute Gasteiger partial charge is 0.428 e. The maximum atomic E-state index is 12.4. The first-order chi connectivity index (χ1) is 20.1. The highest BCUT2D eigenvalue weighted by molar-refractivity contribution is 7.51. The second-order valence-electron chi connectivity index (χ2n) is 14.6. The Hall–Kier alpha value is -1.07. The number of ether oxygens (including phenoxy) is 2. The van der Waals surface area contributed by atoms with Crippen LogP contribution in [0.1, 0.15) is 97.8 Å². The minimum Gasteiger partial charge on any atom is -0.428 e. The van der Waals surface area contributed by atoms with E-state index in [1.807, 2.05) is 0 Å². The Kier molecular flexibility index (Phi) is 11.1. The van der Waals surface area contributed by atoms with E-state index in [0.717, 1.165) is 44.9 Å². The molecule has 0 saturated heterocycles. The first kappa shape index (κ1) is 34.8. The topological polar surface area (TPSA) is 191 Å². The zero-order valence-corrected chi connectivity index (χ0v) is 26.7. The van der Waals surface area contributed by atoms with E-state index in [-0.39, 0.29) is 42.1 Å². The standard InChI is InChI=1S/C31H53O11P/c1-18(4-10-27(34)41-17-42-28(35)11-5-19(29(36)37)16-43(38,39)40)23-8-9-24-22-7-6-20-14-21(32)12-13-30(20,2)25(22)15-26(33)31(23,24)3/h18-26,29,32-33,36-37H,4-17H2,1-3H3,(H2,38,39,40)/t18-,19+,20-,21-,22?,23?,24?,25?,26+,30+,31-/m1/s1. The van der Waals surface area contributed by atoms with Crippen LogP contribution < -0.4 is 0 Å². The van der Waals surface area contributed by atoms with Crippen LogP contribution in [0.15, 0.2) is 0 Å². The van der Waals surface area contributed by atoms with Gasteiger partial charge >= 0.3 is 19.5 Å². The highest BCUT2D eigenvalue weighted by Gasteiger charge is 2.63. The molecule has 0 aromatic rings. The van der Waals surface area contributed by atoms with Crippen LogP contribution in [0, 0.1) is 52.3 Å². The number of hydrogen-bond donors (Lipinski definition) is 6. The fourth-order valence-electron chi connectivity index (χ4n) is 9.96. The van der Waals surface area contributed by atoms with Crippen molar-refractivity contribution in [3.8, 4) is 0 Å². The van der Waals surface area contributed by atoms with Crippen molar-refractivity contribution < 1.29 is 53.8 Å². The van der Waals surface area contributed by atoms with Gasteiger partial charge in [0.05, 0.1) is 18.4 Å². The predicted octanol–water partition coefficient (Wildman–Crippen LogP) is 3.32. The van der Waals surface area contributed by atoms with Crippen LogP contribution >= 0.6 is 7.60 Å². The van der Waals surface area contributed by atoms with E-state index in [9.17, 15) is 34.6 Å². The van der Waals surface area contributed by atoms with Gasteiger partial charge in [-0.3, -0.25) is 14.2 Å². The van der Waals surface area contributed by atoms with Gasteiger partial charge in [-0.05, 0) is 111 Å². The molecule has 0 heterocycles. The van der Waals surface area contributed by atoms with Gasteiger partial charge in [0.2, 0.25) is 6.79 Å². The molecule has 0 bridgehead atoms. The molecule has 4 fully saturated rings. The number of fused-ring (bicyclic) bond motifs is 5. The van der Waals surface area contributed by atoms with Crippen LogP contribution in [0.4, 0.5) is 0 Å². The lowest BCUT2D eigenvalue weighted by Crippen LogP contribution is -2.58. The molecule has 11 nitrogen and oxygen atoms in total. The first-order valence-corrected chi connectivity index (χ1v) is 17.9. The number of hydrogen-bond acceptors (Lipinski definition) is 9. The highest BCUT2D eigenvalue weighted by Crippen LogP contribution is 2.68. The monoisotopic (exact) mass is 632 g/mol. The number of carbonyl (C=O) groups is 2. The minimum absolute atomic E-state index is 0.154. The summed E-state index contributed by atoms with van der Waals surface area (Å²) in [5.41, 5.74) is -0.0106. The van der Waals surface area contributed by atoms with Crippen LogP contribution in [0.5, 0.6) is 0 Å². The molecule has 4 aliphatic carbocycles. The Bertz CT molecular complexity index is 1030. The molecule has 0 spiro atoms. The summed E-state index contributed by atoms with van der Waals surface area (Å²) in [5, 5.41) is 40.6. The Morgan fingerprint density at radius 2 is 1.56 bits per heavy atom. The van der Waals surface area contributed by atoms with Crippen LogP contribution in [-0.4, -0.2) is 73.6 Å². The molecule has 4 unspecified atom stereocenters. The Morgan fingerprint density at radius 3 is 2.19 bits per heavy atom. The molecule has 11 atom stereocenters. The fourth-order valence-corrected chi connectivity index (χ4v) is 10.9. The zero-order valence-electron chi connectivity index (χ0n) is 25.8. The van der Waals surface area contributed by atoms with Crippen LogP contribution in [0.3, 0.4) is 0 Å². The van der Waals surface area contributed by atoms with E-state index in [2.05, 4.69) is 20.8 Å². The molecular formula is C31H53O11P. The Labute approximate surface area is 254 Å². The van der Waals surface area contributed by atoms with Crippen LogP contribution in [0.2, 0.25) is 0 Å². The summed E-state index contributed by atoms with van der Waals surface area (Å²) >= 11 is 0. The van der Waals surface area contributed by atoms with E-state index in [1.165, 1.54) is 6.42 Å². The molecule has 0 aliphatic heterocycles. The molecule has 0 aromatic carbocycles. The number of carbonyl (C=O) groups excluding carboxylic acids is 2. The summed E-state index contributed by atoms with van der Waals surface area (Å²) in [5.74, 6) is 0.0937. The Balaban J connectivity index is 1.23. The summed E-state index contributed by atoms with van der Waals surface area (Å²) in [6.07, 6.45) is 4.94. The van der Waals surface area contributed by atoms with Crippen molar-refractivity contribution in [2.24, 2.45) is 52.3 Å². The molecule has 4 aliphatic rings. The van der Waals surface area contributed by atoms with Crippen molar-refractivity contribution in [1.29, 1.82) is 0 Å². The van der Waals surface area contributed by atoms with Gasteiger partial charge in [-0.15, -0.1) is 0 Å². The van der Waals surface area contributed by atoms with Gasteiger partial charge in [0.25, 0.3) is 0 Å². The second kappa shape index (κ2) is 13.7. The lowest BCUT2D eigenvalue weighted by molar-refractivity contribution is -0.175. The smallest absolute Gasteiger partial charge is 0.326 e. The van der Waals surface area contributed by atoms with Crippen molar-refractivity contribution in [3.63, 3.8) is 0 Å². The second-order valence-corrected chi connectivity index (χ2v) is 16.3. The molecule has 43 heavy (non-hydrogen) atoms. The minimum atomic E-state index is -4.49. The molecule has 6 N–H and O–H groups in total. The van der Waals surface area contributed by atoms with Gasteiger partial charge in [0.15, 0.2) is 6.29 Å². The van der Waals surface area contributed by atoms with Crippen molar-refractivity contribution in [2.75, 3.05) is 13.0 Å². The van der Waals surface area contributed by atoms with E-state index in [1.54, 1.807) is 0 Å². The van der Waals surface area contributed by atoms with Gasteiger partial charge in [0, 0.05) is 18.8 Å². The lowest BCUT2D eigenvalue weighted by atomic mass is 9.43. The van der Waals surface area contributed by atoms with Crippen LogP contribution in [0.25, 0.3) is 0 Å². The van der Waals surface area contributed by atoms with Gasteiger partial charge < -0.3 is 39.7 Å². The van der Waals surface area contributed by atoms with E-state index < -0.39 is 50.8 Å². The molecule has 12 heteroatoms. The van der Waals surface area contributed by atoms with E-state index in [0.29, 0.717) is 36.0 Å². The fraction of sp³-hybridized carbons (Fsp3) is 0.935. The number of aliphatic hydroxyl groups excluding tert-OH is 3. The summed E-state index contributed by atoms with van der Waals surface area (Å²) in [4.78, 5) is 42.5.